The Balaban J connectivity index is 1.30. The zero-order valence-electron chi connectivity index (χ0n) is 19.0. The fraction of sp³-hybridized carbons (Fsp3) is 0.222. The van der Waals surface area contributed by atoms with E-state index in [4.69, 9.17) is 10.00 Å². The highest BCUT2D eigenvalue weighted by molar-refractivity contribution is 5.69. The molecule has 2 aromatic carbocycles. The minimum atomic E-state index is -0.118. The highest BCUT2D eigenvalue weighted by Gasteiger charge is 2.29. The van der Waals surface area contributed by atoms with E-state index in [-0.39, 0.29) is 12.1 Å². The molecule has 0 spiro atoms. The van der Waals surface area contributed by atoms with Crippen molar-refractivity contribution < 1.29 is 4.74 Å². The third-order valence-electron chi connectivity index (χ3n) is 6.04. The average molecular weight is 451 g/mol. The number of ether oxygens (including phenoxy) is 1. The van der Waals surface area contributed by atoms with E-state index in [1.807, 2.05) is 68.1 Å². The van der Waals surface area contributed by atoms with Gasteiger partial charge >= 0.3 is 0 Å². The first-order valence-corrected chi connectivity index (χ1v) is 11.4. The number of pyridine rings is 1. The van der Waals surface area contributed by atoms with Crippen LogP contribution >= 0.6 is 0 Å². The molecule has 0 amide bonds. The van der Waals surface area contributed by atoms with Gasteiger partial charge in [-0.25, -0.2) is 4.98 Å². The smallest absolute Gasteiger partial charge is 0.237 e. The molecule has 0 radical (unpaired) electrons. The zero-order valence-corrected chi connectivity index (χ0v) is 19.0. The summed E-state index contributed by atoms with van der Waals surface area (Å²) in [6, 6.07) is 22.3. The molecular weight excluding hydrogens is 424 g/mol. The van der Waals surface area contributed by atoms with E-state index in [2.05, 4.69) is 45.0 Å². The third kappa shape index (κ3) is 4.77. The van der Waals surface area contributed by atoms with E-state index in [0.29, 0.717) is 18.0 Å². The van der Waals surface area contributed by atoms with Gasteiger partial charge in [0.05, 0.1) is 36.1 Å². The molecule has 3 heterocycles. The number of aromatic nitrogens is 3. The predicted octanol–water partition coefficient (Wildman–Crippen LogP) is 4.10. The normalized spacial score (nSPS) is 15.5. The summed E-state index contributed by atoms with van der Waals surface area (Å²) in [7, 11) is 1.90. The van der Waals surface area contributed by atoms with Crippen LogP contribution in [0.1, 0.15) is 22.7 Å². The Labute approximate surface area is 199 Å². The van der Waals surface area contributed by atoms with Gasteiger partial charge in [-0.3, -0.25) is 4.68 Å². The van der Waals surface area contributed by atoms with Crippen LogP contribution in [0.4, 0.5) is 5.69 Å². The Hall–Kier alpha value is -4.15. The van der Waals surface area contributed by atoms with Crippen molar-refractivity contribution >= 4 is 5.69 Å². The van der Waals surface area contributed by atoms with Crippen LogP contribution in [0.5, 0.6) is 5.88 Å². The van der Waals surface area contributed by atoms with Gasteiger partial charge in [0.1, 0.15) is 6.10 Å². The van der Waals surface area contributed by atoms with Crippen LogP contribution in [0.3, 0.4) is 0 Å². The van der Waals surface area contributed by atoms with Crippen molar-refractivity contribution in [1.29, 1.82) is 5.26 Å². The van der Waals surface area contributed by atoms with E-state index in [1.165, 1.54) is 11.1 Å². The predicted molar refractivity (Wildman–Crippen MR) is 131 cm³/mol. The largest absolute Gasteiger partial charge is 0.469 e. The van der Waals surface area contributed by atoms with E-state index >= 15 is 0 Å². The molecule has 0 aliphatic carbocycles. The molecule has 1 aliphatic rings. The number of benzene rings is 2. The number of fused-ring (bicyclic) bond motifs is 1. The lowest BCUT2D eigenvalue weighted by Crippen LogP contribution is -2.43. The molecule has 4 aromatic rings. The van der Waals surface area contributed by atoms with Gasteiger partial charge in [0, 0.05) is 30.6 Å². The van der Waals surface area contributed by atoms with Crippen molar-refractivity contribution in [3.63, 3.8) is 0 Å². The maximum Gasteiger partial charge on any atom is 0.237 e. The average Bonchev–Trinajstić information content (AvgIpc) is 3.33. The quantitative estimate of drug-likeness (QED) is 0.441. The Morgan fingerprint density at radius 3 is 2.71 bits per heavy atom. The summed E-state index contributed by atoms with van der Waals surface area (Å²) in [4.78, 5) is 4.60. The van der Waals surface area contributed by atoms with Crippen LogP contribution in [-0.2, 0) is 13.5 Å². The molecule has 7 nitrogen and oxygen atoms in total. The number of hydrogen-bond donors (Lipinski definition) is 2. The number of anilines is 1. The summed E-state index contributed by atoms with van der Waals surface area (Å²) in [6.45, 7) is 1.44. The monoisotopic (exact) mass is 450 g/mol. The Morgan fingerprint density at radius 2 is 1.97 bits per heavy atom. The van der Waals surface area contributed by atoms with Crippen molar-refractivity contribution in [3.05, 3.63) is 95.9 Å². The molecule has 7 heteroatoms. The lowest BCUT2D eigenvalue weighted by Gasteiger charge is -2.33. The molecule has 5 rings (SSSR count). The molecule has 2 N–H and O–H groups in total. The van der Waals surface area contributed by atoms with Gasteiger partial charge in [0.15, 0.2) is 0 Å². The number of nitrogens with zero attached hydrogens (tertiary/aromatic N) is 4. The van der Waals surface area contributed by atoms with E-state index in [1.54, 1.807) is 4.68 Å². The third-order valence-corrected chi connectivity index (χ3v) is 6.04. The first-order chi connectivity index (χ1) is 16.7. The molecule has 1 unspecified atom stereocenters. The Bertz CT molecular complexity index is 1290. The highest BCUT2D eigenvalue weighted by Crippen LogP contribution is 2.34. The van der Waals surface area contributed by atoms with Crippen LogP contribution in [0.15, 0.2) is 79.3 Å². The van der Waals surface area contributed by atoms with Gasteiger partial charge in [-0.2, -0.15) is 10.4 Å². The summed E-state index contributed by atoms with van der Waals surface area (Å²) in [5.74, 6) is 0.610. The zero-order chi connectivity index (χ0) is 23.3. The molecule has 2 aromatic heterocycles. The number of hydrogen-bond acceptors (Lipinski definition) is 6. The fourth-order valence-electron chi connectivity index (χ4n) is 4.22. The maximum absolute atomic E-state index is 9.00. The standard InChI is InChI=1S/C27H26N6O/c1-33-18-23(16-32-33)22-13-24-27(31-15-22)34-25(17-30-24)26(21-5-3-2-4-6-21)29-12-11-19-7-9-20(14-28)10-8-19/h2-10,13,15-16,18,25-26,29-30H,11-12,17H2,1H3/t25-,26?/m0/s1. The minimum absolute atomic E-state index is 0.0000292. The molecule has 34 heavy (non-hydrogen) atoms. The molecule has 0 bridgehead atoms. The van der Waals surface area contributed by atoms with Crippen molar-refractivity contribution in [1.82, 2.24) is 20.1 Å². The summed E-state index contributed by atoms with van der Waals surface area (Å²) < 4.78 is 8.17. The SMILES string of the molecule is Cn1cc(-c2cnc3c(c2)NC[C@@H](C(NCCc2ccc(C#N)cc2)c2ccccc2)O3)cn1. The maximum atomic E-state index is 9.00. The fourth-order valence-corrected chi connectivity index (χ4v) is 4.22. The van der Waals surface area contributed by atoms with Crippen molar-refractivity contribution in [3.8, 4) is 23.1 Å². The molecule has 170 valence electrons. The summed E-state index contributed by atoms with van der Waals surface area (Å²) >= 11 is 0. The molecule has 0 saturated carbocycles. The summed E-state index contributed by atoms with van der Waals surface area (Å²) in [5.41, 5.74) is 5.95. The van der Waals surface area contributed by atoms with Gasteiger partial charge in [-0.05, 0) is 42.3 Å². The number of nitriles is 1. The van der Waals surface area contributed by atoms with Gasteiger partial charge in [0.25, 0.3) is 0 Å². The topological polar surface area (TPSA) is 87.8 Å². The summed E-state index contributed by atoms with van der Waals surface area (Å²) in [5, 5.41) is 20.4. The second-order valence-electron chi connectivity index (χ2n) is 8.42. The first-order valence-electron chi connectivity index (χ1n) is 11.4. The minimum Gasteiger partial charge on any atom is -0.469 e. The Kier molecular flexibility index (Phi) is 6.23. The second-order valence-corrected chi connectivity index (χ2v) is 8.42. The highest BCUT2D eigenvalue weighted by atomic mass is 16.5. The van der Waals surface area contributed by atoms with Crippen molar-refractivity contribution in [2.75, 3.05) is 18.4 Å². The van der Waals surface area contributed by atoms with Gasteiger partial charge in [-0.15, -0.1) is 0 Å². The molecule has 0 saturated heterocycles. The summed E-state index contributed by atoms with van der Waals surface area (Å²) in [6.07, 6.45) is 6.37. The van der Waals surface area contributed by atoms with Crippen LogP contribution in [0.2, 0.25) is 0 Å². The van der Waals surface area contributed by atoms with Crippen molar-refractivity contribution in [2.24, 2.45) is 7.05 Å². The number of nitrogens with one attached hydrogen (secondary N) is 2. The number of aryl methyl sites for hydroxylation is 1. The second kappa shape index (κ2) is 9.77. The molecule has 2 atom stereocenters. The van der Waals surface area contributed by atoms with Crippen LogP contribution in [0, 0.1) is 11.3 Å². The molecule has 0 fully saturated rings. The van der Waals surface area contributed by atoms with Gasteiger partial charge in [-0.1, -0.05) is 42.5 Å². The molecular formula is C27H26N6O. The van der Waals surface area contributed by atoms with E-state index < -0.39 is 0 Å². The van der Waals surface area contributed by atoms with E-state index in [9.17, 15) is 0 Å². The van der Waals surface area contributed by atoms with Crippen molar-refractivity contribution in [2.45, 2.75) is 18.6 Å². The van der Waals surface area contributed by atoms with Gasteiger partial charge in [0.2, 0.25) is 5.88 Å². The molecule has 1 aliphatic heterocycles. The van der Waals surface area contributed by atoms with E-state index in [0.717, 1.165) is 29.8 Å². The van der Waals surface area contributed by atoms with Crippen LogP contribution in [-0.4, -0.2) is 34.0 Å². The Morgan fingerprint density at radius 1 is 1.15 bits per heavy atom. The van der Waals surface area contributed by atoms with Crippen LogP contribution < -0.4 is 15.4 Å². The lowest BCUT2D eigenvalue weighted by atomic mass is 9.99. The van der Waals surface area contributed by atoms with Crippen LogP contribution in [0.25, 0.3) is 11.1 Å². The number of rotatable bonds is 7. The van der Waals surface area contributed by atoms with Gasteiger partial charge < -0.3 is 15.4 Å². The first kappa shape index (κ1) is 21.7. The lowest BCUT2D eigenvalue weighted by molar-refractivity contribution is 0.150.